The minimum Gasteiger partial charge on any atom is -0.211 e. The van der Waals surface area contributed by atoms with Crippen LogP contribution in [0.1, 0.15) is 18.1 Å². The van der Waals surface area contributed by atoms with Gasteiger partial charge in [0.1, 0.15) is 0 Å². The van der Waals surface area contributed by atoms with E-state index in [1.165, 1.54) is 17.2 Å². The highest BCUT2D eigenvalue weighted by Gasteiger charge is 1.96. The summed E-state index contributed by atoms with van der Waals surface area (Å²) in [6.07, 6.45) is 2.53. The van der Waals surface area contributed by atoms with E-state index in [1.54, 1.807) is 0 Å². The SMILES string of the molecule is CCc1ccc(N=C=O)cc1C. The normalized spacial score (nSPS) is 9.17. The molecule has 0 amide bonds. The Hall–Kier alpha value is -1.40. The average Bonchev–Trinajstić information content (AvgIpc) is 2.05. The van der Waals surface area contributed by atoms with Crippen molar-refractivity contribution in [3.8, 4) is 0 Å². The number of isocyanates is 1. The van der Waals surface area contributed by atoms with Crippen molar-refractivity contribution in [3.63, 3.8) is 0 Å². The molecule has 62 valence electrons. The van der Waals surface area contributed by atoms with Crippen LogP contribution in [0.25, 0.3) is 0 Å². The van der Waals surface area contributed by atoms with Gasteiger partial charge in [0.25, 0.3) is 0 Å². The first-order chi connectivity index (χ1) is 5.77. The van der Waals surface area contributed by atoms with E-state index < -0.39 is 0 Å². The third-order valence-corrected chi connectivity index (χ3v) is 1.88. The highest BCUT2D eigenvalue weighted by Crippen LogP contribution is 2.17. The molecule has 0 aliphatic rings. The molecule has 1 aromatic carbocycles. The van der Waals surface area contributed by atoms with E-state index in [0.717, 1.165) is 6.42 Å². The van der Waals surface area contributed by atoms with Crippen LogP contribution in [0.5, 0.6) is 0 Å². The summed E-state index contributed by atoms with van der Waals surface area (Å²) in [4.78, 5) is 13.5. The lowest BCUT2D eigenvalue weighted by molar-refractivity contribution is 0.565. The Kier molecular flexibility index (Phi) is 2.78. The third-order valence-electron chi connectivity index (χ3n) is 1.88. The Morgan fingerprint density at radius 1 is 1.50 bits per heavy atom. The van der Waals surface area contributed by atoms with Crippen molar-refractivity contribution in [2.24, 2.45) is 4.99 Å². The molecule has 2 heteroatoms. The van der Waals surface area contributed by atoms with Gasteiger partial charge >= 0.3 is 0 Å². The first-order valence-electron chi connectivity index (χ1n) is 3.95. The molecule has 0 fully saturated rings. The molecule has 0 saturated heterocycles. The van der Waals surface area contributed by atoms with Gasteiger partial charge in [-0.3, -0.25) is 0 Å². The largest absolute Gasteiger partial charge is 0.240 e. The molecular weight excluding hydrogens is 150 g/mol. The highest BCUT2D eigenvalue weighted by atomic mass is 16.1. The number of rotatable bonds is 2. The van der Waals surface area contributed by atoms with Crippen molar-refractivity contribution in [1.29, 1.82) is 0 Å². The van der Waals surface area contributed by atoms with Crippen LogP contribution in [0.4, 0.5) is 5.69 Å². The molecule has 0 radical (unpaired) electrons. The fourth-order valence-electron chi connectivity index (χ4n) is 1.20. The van der Waals surface area contributed by atoms with Gasteiger partial charge in [-0.25, -0.2) is 4.79 Å². The van der Waals surface area contributed by atoms with E-state index in [9.17, 15) is 4.79 Å². The summed E-state index contributed by atoms with van der Waals surface area (Å²) >= 11 is 0. The summed E-state index contributed by atoms with van der Waals surface area (Å²) in [6, 6.07) is 5.71. The Morgan fingerprint density at radius 2 is 2.25 bits per heavy atom. The van der Waals surface area contributed by atoms with Gasteiger partial charge in [0.05, 0.1) is 5.69 Å². The smallest absolute Gasteiger partial charge is 0.211 e. The van der Waals surface area contributed by atoms with Gasteiger partial charge in [-0.2, -0.15) is 4.99 Å². The van der Waals surface area contributed by atoms with Crippen LogP contribution in [-0.4, -0.2) is 6.08 Å². The predicted octanol–water partition coefficient (Wildman–Crippen LogP) is 2.52. The molecule has 0 spiro atoms. The summed E-state index contributed by atoms with van der Waals surface area (Å²) in [6.45, 7) is 4.12. The second-order valence-electron chi connectivity index (χ2n) is 2.67. The predicted molar refractivity (Wildman–Crippen MR) is 48.3 cm³/mol. The minimum atomic E-state index is 0.680. The van der Waals surface area contributed by atoms with Crippen LogP contribution in [-0.2, 0) is 11.2 Å². The van der Waals surface area contributed by atoms with E-state index in [-0.39, 0.29) is 0 Å². The molecule has 0 aromatic heterocycles. The van der Waals surface area contributed by atoms with Crippen LogP contribution in [0, 0.1) is 6.92 Å². The zero-order chi connectivity index (χ0) is 8.97. The van der Waals surface area contributed by atoms with E-state index in [0.29, 0.717) is 5.69 Å². The monoisotopic (exact) mass is 161 g/mol. The first-order valence-corrected chi connectivity index (χ1v) is 3.95. The maximum atomic E-state index is 9.95. The van der Waals surface area contributed by atoms with Gasteiger partial charge in [0.15, 0.2) is 0 Å². The van der Waals surface area contributed by atoms with Crippen LogP contribution in [0.15, 0.2) is 23.2 Å². The topological polar surface area (TPSA) is 29.4 Å². The Labute approximate surface area is 71.9 Å². The molecule has 0 unspecified atom stereocenters. The van der Waals surface area contributed by atoms with Gasteiger partial charge in [0, 0.05) is 0 Å². The van der Waals surface area contributed by atoms with Crippen LogP contribution in [0.3, 0.4) is 0 Å². The van der Waals surface area contributed by atoms with Crippen molar-refractivity contribution >= 4 is 11.8 Å². The lowest BCUT2D eigenvalue weighted by Crippen LogP contribution is -1.84. The Balaban J connectivity index is 3.09. The fourth-order valence-corrected chi connectivity index (χ4v) is 1.20. The average molecular weight is 161 g/mol. The van der Waals surface area contributed by atoms with Gasteiger partial charge in [-0.05, 0) is 36.6 Å². The van der Waals surface area contributed by atoms with Crippen LogP contribution >= 0.6 is 0 Å². The molecule has 0 atom stereocenters. The molecule has 0 heterocycles. The molecule has 0 aliphatic heterocycles. The molecule has 1 aromatic rings. The first kappa shape index (κ1) is 8.69. The summed E-state index contributed by atoms with van der Waals surface area (Å²) in [5, 5.41) is 0. The van der Waals surface area contributed by atoms with Crippen molar-refractivity contribution in [3.05, 3.63) is 29.3 Å². The van der Waals surface area contributed by atoms with Crippen molar-refractivity contribution in [2.45, 2.75) is 20.3 Å². The summed E-state index contributed by atoms with van der Waals surface area (Å²) in [5.74, 6) is 0. The van der Waals surface area contributed by atoms with Gasteiger partial charge in [-0.15, -0.1) is 0 Å². The Morgan fingerprint density at radius 3 is 2.75 bits per heavy atom. The quantitative estimate of drug-likeness (QED) is 0.484. The van der Waals surface area contributed by atoms with Crippen molar-refractivity contribution in [1.82, 2.24) is 0 Å². The zero-order valence-electron chi connectivity index (χ0n) is 7.29. The minimum absolute atomic E-state index is 0.680. The lowest BCUT2D eigenvalue weighted by atomic mass is 10.1. The zero-order valence-corrected chi connectivity index (χ0v) is 7.29. The number of benzene rings is 1. The number of hydrogen-bond acceptors (Lipinski definition) is 2. The van der Waals surface area contributed by atoms with Crippen molar-refractivity contribution in [2.75, 3.05) is 0 Å². The number of aliphatic imine (C=N–C) groups is 1. The third kappa shape index (κ3) is 1.80. The maximum Gasteiger partial charge on any atom is 0.240 e. The van der Waals surface area contributed by atoms with E-state index in [4.69, 9.17) is 0 Å². The van der Waals surface area contributed by atoms with E-state index in [1.807, 2.05) is 25.1 Å². The molecule has 0 saturated carbocycles. The Bertz CT molecular complexity index is 325. The van der Waals surface area contributed by atoms with E-state index >= 15 is 0 Å². The molecule has 1 rings (SSSR count). The van der Waals surface area contributed by atoms with Crippen molar-refractivity contribution < 1.29 is 4.79 Å². The number of nitrogens with zero attached hydrogens (tertiary/aromatic N) is 1. The second-order valence-corrected chi connectivity index (χ2v) is 2.67. The van der Waals surface area contributed by atoms with Gasteiger partial charge in [0.2, 0.25) is 6.08 Å². The molecule has 12 heavy (non-hydrogen) atoms. The van der Waals surface area contributed by atoms with Gasteiger partial charge in [-0.1, -0.05) is 13.0 Å². The second kappa shape index (κ2) is 3.84. The van der Waals surface area contributed by atoms with Crippen LogP contribution in [0.2, 0.25) is 0 Å². The maximum absolute atomic E-state index is 9.95. The number of carbonyl (C=O) groups excluding carboxylic acids is 1. The van der Waals surface area contributed by atoms with Crippen LogP contribution < -0.4 is 0 Å². The molecule has 0 bridgehead atoms. The van der Waals surface area contributed by atoms with Gasteiger partial charge < -0.3 is 0 Å². The molecule has 0 aliphatic carbocycles. The highest BCUT2D eigenvalue weighted by molar-refractivity contribution is 5.51. The summed E-state index contributed by atoms with van der Waals surface area (Å²) < 4.78 is 0. The molecule has 2 nitrogen and oxygen atoms in total. The molecular formula is C10H11NO. The summed E-state index contributed by atoms with van der Waals surface area (Å²) in [5.41, 5.74) is 3.15. The number of hydrogen-bond donors (Lipinski definition) is 0. The number of aryl methyl sites for hydroxylation is 2. The lowest BCUT2D eigenvalue weighted by Gasteiger charge is -2.01. The van der Waals surface area contributed by atoms with E-state index in [2.05, 4.69) is 11.9 Å². The standard InChI is InChI=1S/C10H11NO/c1-3-9-4-5-10(11-7-12)6-8(9)2/h4-6H,3H2,1-2H3. The summed E-state index contributed by atoms with van der Waals surface area (Å²) in [7, 11) is 0. The fraction of sp³-hybridized carbons (Fsp3) is 0.300. The molecule has 0 N–H and O–H groups in total.